The van der Waals surface area contributed by atoms with Gasteiger partial charge in [0, 0.05) is 24.0 Å². The molecule has 0 saturated heterocycles. The molecule has 1 heterocycles. The molecular weight excluding hydrogens is 170 g/mol. The summed E-state index contributed by atoms with van der Waals surface area (Å²) in [5.41, 5.74) is 0. The van der Waals surface area contributed by atoms with Gasteiger partial charge in [0.05, 0.1) is 0 Å². The molecule has 0 amide bonds. The fourth-order valence-electron chi connectivity index (χ4n) is 1.05. The van der Waals surface area contributed by atoms with Crippen molar-refractivity contribution in [2.24, 2.45) is 0 Å². The lowest BCUT2D eigenvalue weighted by molar-refractivity contribution is 0.954. The molecule has 66 valence electrons. The maximum absolute atomic E-state index is 4.41. The molecule has 1 aliphatic rings. The molecule has 1 aromatic heterocycles. The van der Waals surface area contributed by atoms with Crippen LogP contribution in [0.15, 0.2) is 0 Å². The fourth-order valence-corrected chi connectivity index (χ4v) is 1.72. The zero-order valence-corrected chi connectivity index (χ0v) is 8.02. The lowest BCUT2D eigenvalue weighted by Crippen LogP contribution is -1.98. The topological polar surface area (TPSA) is 37.8 Å². The maximum Gasteiger partial charge on any atom is 0.202 e. The summed E-state index contributed by atoms with van der Waals surface area (Å²) in [6.07, 6.45) is 3.70. The lowest BCUT2D eigenvalue weighted by atomic mass is 10.4. The molecule has 1 saturated carbocycles. The van der Waals surface area contributed by atoms with Crippen LogP contribution in [0.3, 0.4) is 0 Å². The molecule has 1 aliphatic carbocycles. The summed E-state index contributed by atoms with van der Waals surface area (Å²) >= 11 is 1.49. The van der Waals surface area contributed by atoms with Gasteiger partial charge in [-0.1, -0.05) is 6.92 Å². The van der Waals surface area contributed by atoms with E-state index in [4.69, 9.17) is 0 Å². The zero-order valence-electron chi connectivity index (χ0n) is 7.21. The molecule has 1 N–H and O–H groups in total. The Morgan fingerprint density at radius 2 is 2.42 bits per heavy atom. The molecule has 0 unspecified atom stereocenters. The Labute approximate surface area is 76.4 Å². The quantitative estimate of drug-likeness (QED) is 0.778. The highest BCUT2D eigenvalue weighted by atomic mass is 32.1. The summed E-state index contributed by atoms with van der Waals surface area (Å²) in [5.74, 6) is 1.73. The van der Waals surface area contributed by atoms with Gasteiger partial charge < -0.3 is 5.32 Å². The van der Waals surface area contributed by atoms with Crippen molar-refractivity contribution in [3.05, 3.63) is 5.82 Å². The van der Waals surface area contributed by atoms with Gasteiger partial charge in [0.15, 0.2) is 0 Å². The van der Waals surface area contributed by atoms with Crippen molar-refractivity contribution in [3.63, 3.8) is 0 Å². The zero-order chi connectivity index (χ0) is 8.39. The Balaban J connectivity index is 1.93. The molecule has 1 aromatic rings. The minimum absolute atomic E-state index is 0.679. The van der Waals surface area contributed by atoms with Crippen molar-refractivity contribution in [2.45, 2.75) is 32.1 Å². The molecular formula is C8H13N3S. The molecule has 0 spiro atoms. The summed E-state index contributed by atoms with van der Waals surface area (Å²) < 4.78 is 4.30. The van der Waals surface area contributed by atoms with Crippen LogP contribution in [0.4, 0.5) is 5.13 Å². The Bertz CT molecular complexity index is 255. The predicted octanol–water partition coefficient (Wildman–Crippen LogP) is 2.24. The van der Waals surface area contributed by atoms with Gasteiger partial charge in [-0.2, -0.15) is 4.37 Å². The van der Waals surface area contributed by atoms with Crippen LogP contribution in [0.5, 0.6) is 0 Å². The highest BCUT2D eigenvalue weighted by Gasteiger charge is 2.27. The number of rotatable bonds is 4. The van der Waals surface area contributed by atoms with E-state index in [1.165, 1.54) is 24.4 Å². The SMILES string of the molecule is CCCNc1nc(C2CC2)ns1. The minimum Gasteiger partial charge on any atom is -0.360 e. The van der Waals surface area contributed by atoms with Crippen LogP contribution in [-0.4, -0.2) is 15.9 Å². The van der Waals surface area contributed by atoms with Gasteiger partial charge in [0.2, 0.25) is 5.13 Å². The summed E-state index contributed by atoms with van der Waals surface area (Å²) in [6.45, 7) is 3.15. The first-order chi connectivity index (χ1) is 5.90. The van der Waals surface area contributed by atoms with Gasteiger partial charge >= 0.3 is 0 Å². The Morgan fingerprint density at radius 3 is 3.08 bits per heavy atom. The number of nitrogens with one attached hydrogen (secondary N) is 1. The van der Waals surface area contributed by atoms with Crippen molar-refractivity contribution in [1.82, 2.24) is 9.36 Å². The number of hydrogen-bond donors (Lipinski definition) is 1. The molecule has 0 atom stereocenters. The predicted molar refractivity (Wildman–Crippen MR) is 50.7 cm³/mol. The van der Waals surface area contributed by atoms with Gasteiger partial charge in [-0.25, -0.2) is 4.98 Å². The standard InChI is InChI=1S/C8H13N3S/c1-2-5-9-8-10-7(11-12-8)6-3-4-6/h6H,2-5H2,1H3,(H,9,10,11). The molecule has 0 aromatic carbocycles. The van der Waals surface area contributed by atoms with E-state index in [0.717, 1.165) is 23.9 Å². The summed E-state index contributed by atoms with van der Waals surface area (Å²) in [7, 11) is 0. The number of aromatic nitrogens is 2. The van der Waals surface area contributed by atoms with Gasteiger partial charge in [-0.05, 0) is 19.3 Å². The van der Waals surface area contributed by atoms with E-state index in [1.807, 2.05) is 0 Å². The van der Waals surface area contributed by atoms with E-state index in [0.29, 0.717) is 5.92 Å². The van der Waals surface area contributed by atoms with Crippen molar-refractivity contribution < 1.29 is 0 Å². The monoisotopic (exact) mass is 183 g/mol. The first kappa shape index (κ1) is 7.98. The van der Waals surface area contributed by atoms with Crippen LogP contribution < -0.4 is 5.32 Å². The van der Waals surface area contributed by atoms with Crippen LogP contribution in [0, 0.1) is 0 Å². The van der Waals surface area contributed by atoms with Crippen molar-refractivity contribution in [1.29, 1.82) is 0 Å². The average molecular weight is 183 g/mol. The summed E-state index contributed by atoms with van der Waals surface area (Å²) in [6, 6.07) is 0. The van der Waals surface area contributed by atoms with Crippen LogP contribution in [-0.2, 0) is 0 Å². The minimum atomic E-state index is 0.679. The van der Waals surface area contributed by atoms with E-state index >= 15 is 0 Å². The van der Waals surface area contributed by atoms with E-state index in [-0.39, 0.29) is 0 Å². The third-order valence-electron chi connectivity index (χ3n) is 1.91. The van der Waals surface area contributed by atoms with Crippen molar-refractivity contribution in [2.75, 3.05) is 11.9 Å². The number of nitrogens with zero attached hydrogens (tertiary/aromatic N) is 2. The molecule has 0 radical (unpaired) electrons. The van der Waals surface area contributed by atoms with E-state index in [9.17, 15) is 0 Å². The fraction of sp³-hybridized carbons (Fsp3) is 0.750. The van der Waals surface area contributed by atoms with Crippen molar-refractivity contribution >= 4 is 16.7 Å². The average Bonchev–Trinajstić information content (AvgIpc) is 2.83. The van der Waals surface area contributed by atoms with Crippen LogP contribution in [0.1, 0.15) is 37.9 Å². The van der Waals surface area contributed by atoms with Crippen LogP contribution >= 0.6 is 11.5 Å². The maximum atomic E-state index is 4.41. The molecule has 0 bridgehead atoms. The van der Waals surface area contributed by atoms with Crippen molar-refractivity contribution in [3.8, 4) is 0 Å². The smallest absolute Gasteiger partial charge is 0.202 e. The third kappa shape index (κ3) is 1.75. The lowest BCUT2D eigenvalue weighted by Gasteiger charge is -1.95. The van der Waals surface area contributed by atoms with Gasteiger partial charge in [-0.15, -0.1) is 0 Å². The molecule has 1 fully saturated rings. The largest absolute Gasteiger partial charge is 0.360 e. The molecule has 2 rings (SSSR count). The normalized spacial score (nSPS) is 16.4. The number of hydrogen-bond acceptors (Lipinski definition) is 4. The highest BCUT2D eigenvalue weighted by molar-refractivity contribution is 7.09. The highest BCUT2D eigenvalue weighted by Crippen LogP contribution is 2.39. The van der Waals surface area contributed by atoms with E-state index < -0.39 is 0 Å². The third-order valence-corrected chi connectivity index (χ3v) is 2.60. The van der Waals surface area contributed by atoms with Gasteiger partial charge in [0.1, 0.15) is 5.82 Å². The Morgan fingerprint density at radius 1 is 1.58 bits per heavy atom. The van der Waals surface area contributed by atoms with Gasteiger partial charge in [-0.3, -0.25) is 0 Å². The summed E-state index contributed by atoms with van der Waals surface area (Å²) in [4.78, 5) is 4.41. The second-order valence-electron chi connectivity index (χ2n) is 3.16. The summed E-state index contributed by atoms with van der Waals surface area (Å²) in [5, 5.41) is 4.23. The molecule has 0 aliphatic heterocycles. The number of anilines is 1. The second kappa shape index (κ2) is 3.39. The van der Waals surface area contributed by atoms with E-state index in [1.54, 1.807) is 0 Å². The first-order valence-electron chi connectivity index (χ1n) is 4.47. The second-order valence-corrected chi connectivity index (χ2v) is 3.91. The molecule has 3 nitrogen and oxygen atoms in total. The Kier molecular flexibility index (Phi) is 2.26. The van der Waals surface area contributed by atoms with E-state index in [2.05, 4.69) is 21.6 Å². The first-order valence-corrected chi connectivity index (χ1v) is 5.25. The molecule has 4 heteroatoms. The van der Waals surface area contributed by atoms with Crippen LogP contribution in [0.25, 0.3) is 0 Å². The Hall–Kier alpha value is -0.640. The molecule has 12 heavy (non-hydrogen) atoms. The van der Waals surface area contributed by atoms with Gasteiger partial charge in [0.25, 0.3) is 0 Å². The van der Waals surface area contributed by atoms with Crippen LogP contribution in [0.2, 0.25) is 0 Å².